The molecule has 1 aromatic heterocycles. The maximum absolute atomic E-state index is 12.7. The van der Waals surface area contributed by atoms with E-state index in [9.17, 15) is 9.59 Å². The molecule has 6 nitrogen and oxygen atoms in total. The number of methoxy groups -OCH3 is 1. The predicted octanol–water partition coefficient (Wildman–Crippen LogP) is 3.37. The summed E-state index contributed by atoms with van der Waals surface area (Å²) < 4.78 is 10.9. The number of benzene rings is 2. The molecule has 0 bridgehead atoms. The van der Waals surface area contributed by atoms with Crippen molar-refractivity contribution in [1.29, 1.82) is 0 Å². The molecule has 0 radical (unpaired) electrons. The Morgan fingerprint density at radius 3 is 2.59 bits per heavy atom. The molecule has 2 aromatic carbocycles. The van der Waals surface area contributed by atoms with Crippen molar-refractivity contribution in [1.82, 2.24) is 10.2 Å². The van der Waals surface area contributed by atoms with Gasteiger partial charge in [0.1, 0.15) is 11.3 Å². The fourth-order valence-electron chi connectivity index (χ4n) is 3.83. The van der Waals surface area contributed by atoms with Gasteiger partial charge in [0.2, 0.25) is 0 Å². The minimum atomic E-state index is -0.384. The molecule has 1 N–H and O–H groups in total. The average molecular weight is 392 g/mol. The summed E-state index contributed by atoms with van der Waals surface area (Å²) in [7, 11) is 1.64. The lowest BCUT2D eigenvalue weighted by Gasteiger charge is -2.28. The highest BCUT2D eigenvalue weighted by atomic mass is 16.5. The smallest absolute Gasteiger partial charge is 0.287 e. The highest BCUT2D eigenvalue weighted by Gasteiger charge is 2.24. The van der Waals surface area contributed by atoms with Crippen molar-refractivity contribution in [3.8, 4) is 5.75 Å². The molecule has 1 atom stereocenters. The number of amides is 1. The summed E-state index contributed by atoms with van der Waals surface area (Å²) in [6.07, 6.45) is 2.31. The van der Waals surface area contributed by atoms with Crippen LogP contribution in [0, 0.1) is 0 Å². The maximum Gasteiger partial charge on any atom is 0.287 e. The van der Waals surface area contributed by atoms with Gasteiger partial charge in [0.25, 0.3) is 5.91 Å². The van der Waals surface area contributed by atoms with Crippen molar-refractivity contribution >= 4 is 16.9 Å². The van der Waals surface area contributed by atoms with Crippen LogP contribution in [0.5, 0.6) is 5.75 Å². The summed E-state index contributed by atoms with van der Waals surface area (Å²) >= 11 is 0. The third-order valence-electron chi connectivity index (χ3n) is 5.40. The normalized spacial score (nSPS) is 15.3. The van der Waals surface area contributed by atoms with E-state index in [4.69, 9.17) is 9.15 Å². The van der Waals surface area contributed by atoms with Crippen LogP contribution in [0.1, 0.15) is 35.0 Å². The largest absolute Gasteiger partial charge is 0.497 e. The molecule has 1 amide bonds. The fourth-order valence-corrected chi connectivity index (χ4v) is 3.83. The molecule has 0 saturated carbocycles. The van der Waals surface area contributed by atoms with Gasteiger partial charge in [0.05, 0.1) is 18.5 Å². The molecule has 3 aromatic rings. The molecule has 1 fully saturated rings. The maximum atomic E-state index is 12.7. The van der Waals surface area contributed by atoms with Crippen LogP contribution in [-0.2, 0) is 0 Å². The fraction of sp³-hybridized carbons (Fsp3) is 0.304. The van der Waals surface area contributed by atoms with E-state index in [1.54, 1.807) is 31.4 Å². The first-order chi connectivity index (χ1) is 14.2. The summed E-state index contributed by atoms with van der Waals surface area (Å²) in [5.74, 6) is 0.449. The summed E-state index contributed by atoms with van der Waals surface area (Å²) in [6, 6.07) is 16.2. The van der Waals surface area contributed by atoms with Crippen LogP contribution in [0.4, 0.5) is 0 Å². The molecular formula is C23H24N2O4. The Morgan fingerprint density at radius 2 is 1.86 bits per heavy atom. The second-order valence-electron chi connectivity index (χ2n) is 7.21. The third kappa shape index (κ3) is 4.17. The van der Waals surface area contributed by atoms with Crippen molar-refractivity contribution in [2.45, 2.75) is 18.9 Å². The molecule has 0 unspecified atom stereocenters. The number of carbonyl (C=O) groups excluding carboxylic acids is 1. The number of fused-ring (bicyclic) bond motifs is 1. The number of hydrogen-bond donors (Lipinski definition) is 1. The van der Waals surface area contributed by atoms with E-state index in [1.165, 1.54) is 6.07 Å². The van der Waals surface area contributed by atoms with Gasteiger partial charge in [-0.1, -0.05) is 24.3 Å². The van der Waals surface area contributed by atoms with Gasteiger partial charge in [-0.15, -0.1) is 0 Å². The van der Waals surface area contributed by atoms with Gasteiger partial charge < -0.3 is 14.5 Å². The lowest BCUT2D eigenvalue weighted by Crippen LogP contribution is -2.37. The van der Waals surface area contributed by atoms with Crippen LogP contribution in [0.3, 0.4) is 0 Å². The number of likely N-dealkylation sites (tertiary alicyclic amines) is 1. The van der Waals surface area contributed by atoms with E-state index in [0.29, 0.717) is 17.5 Å². The second kappa shape index (κ2) is 8.49. The quantitative estimate of drug-likeness (QED) is 0.696. The Kier molecular flexibility index (Phi) is 5.62. The first kappa shape index (κ1) is 19.2. The number of nitrogens with one attached hydrogen (secondary N) is 1. The second-order valence-corrected chi connectivity index (χ2v) is 7.21. The topological polar surface area (TPSA) is 71.8 Å². The number of hydrogen-bond acceptors (Lipinski definition) is 5. The van der Waals surface area contributed by atoms with Crippen molar-refractivity contribution in [3.05, 3.63) is 76.1 Å². The molecule has 2 heterocycles. The van der Waals surface area contributed by atoms with E-state index in [-0.39, 0.29) is 23.1 Å². The number of nitrogens with zero attached hydrogens (tertiary/aromatic N) is 1. The molecule has 1 saturated heterocycles. The molecule has 29 heavy (non-hydrogen) atoms. The van der Waals surface area contributed by atoms with Gasteiger partial charge in [-0.05, 0) is 55.8 Å². The van der Waals surface area contributed by atoms with Gasteiger partial charge in [-0.25, -0.2) is 0 Å². The molecule has 0 aliphatic carbocycles. The number of para-hydroxylation sites is 1. The van der Waals surface area contributed by atoms with Crippen molar-refractivity contribution in [2.75, 3.05) is 26.7 Å². The summed E-state index contributed by atoms with van der Waals surface area (Å²) in [4.78, 5) is 27.4. The number of ether oxygens (including phenoxy) is 1. The van der Waals surface area contributed by atoms with E-state index in [2.05, 4.69) is 10.2 Å². The first-order valence-corrected chi connectivity index (χ1v) is 9.85. The first-order valence-electron chi connectivity index (χ1n) is 9.85. The zero-order valence-corrected chi connectivity index (χ0v) is 16.4. The highest BCUT2D eigenvalue weighted by Crippen LogP contribution is 2.26. The lowest BCUT2D eigenvalue weighted by molar-refractivity contribution is 0.0910. The third-order valence-corrected chi connectivity index (χ3v) is 5.40. The molecule has 150 valence electrons. The molecule has 4 rings (SSSR count). The minimum Gasteiger partial charge on any atom is -0.497 e. The number of carbonyl (C=O) groups is 1. The Balaban J connectivity index is 1.53. The highest BCUT2D eigenvalue weighted by molar-refractivity contribution is 5.93. The molecule has 1 aliphatic rings. The molecule has 6 heteroatoms. The Labute approximate surface area is 169 Å². The van der Waals surface area contributed by atoms with Gasteiger partial charge in [0.15, 0.2) is 11.2 Å². The van der Waals surface area contributed by atoms with Gasteiger partial charge in [-0.3, -0.25) is 14.5 Å². The number of rotatable bonds is 6. The zero-order valence-electron chi connectivity index (χ0n) is 16.4. The van der Waals surface area contributed by atoms with E-state index in [0.717, 1.165) is 37.2 Å². The van der Waals surface area contributed by atoms with E-state index in [1.807, 2.05) is 24.3 Å². The van der Waals surface area contributed by atoms with Crippen LogP contribution in [0.25, 0.3) is 11.0 Å². The van der Waals surface area contributed by atoms with Crippen LogP contribution >= 0.6 is 0 Å². The van der Waals surface area contributed by atoms with Crippen molar-refractivity contribution in [2.24, 2.45) is 0 Å². The minimum absolute atomic E-state index is 0.0311. The van der Waals surface area contributed by atoms with E-state index >= 15 is 0 Å². The standard InChI is InChI=1S/C23H24N2O4/c1-28-17-10-8-16(9-11-17)19(25-12-4-5-13-25)15-24-23(27)22-14-20(26)18-6-2-3-7-21(18)29-22/h2-3,6-11,14,19H,4-5,12-13,15H2,1H3,(H,24,27)/t19-/m0/s1. The van der Waals surface area contributed by atoms with Crippen LogP contribution in [0.15, 0.2) is 63.8 Å². The van der Waals surface area contributed by atoms with Crippen LogP contribution < -0.4 is 15.5 Å². The summed E-state index contributed by atoms with van der Waals surface area (Å²) in [5.41, 5.74) is 1.31. The predicted molar refractivity (Wildman–Crippen MR) is 111 cm³/mol. The van der Waals surface area contributed by atoms with E-state index < -0.39 is 0 Å². The average Bonchev–Trinajstić information content (AvgIpc) is 3.29. The molecule has 0 spiro atoms. The Morgan fingerprint density at radius 1 is 1.14 bits per heavy atom. The monoisotopic (exact) mass is 392 g/mol. The van der Waals surface area contributed by atoms with Crippen LogP contribution in [0.2, 0.25) is 0 Å². The van der Waals surface area contributed by atoms with Gasteiger partial charge >= 0.3 is 0 Å². The zero-order chi connectivity index (χ0) is 20.2. The lowest BCUT2D eigenvalue weighted by atomic mass is 10.1. The Hall–Kier alpha value is -3.12. The van der Waals surface area contributed by atoms with Crippen molar-refractivity contribution in [3.63, 3.8) is 0 Å². The van der Waals surface area contributed by atoms with Crippen LogP contribution in [-0.4, -0.2) is 37.6 Å². The summed E-state index contributed by atoms with van der Waals surface area (Å²) in [5, 5.41) is 3.42. The van der Waals surface area contributed by atoms with Crippen molar-refractivity contribution < 1.29 is 13.9 Å². The Bertz CT molecular complexity index is 1050. The molecule has 1 aliphatic heterocycles. The van der Waals surface area contributed by atoms with Gasteiger partial charge in [-0.2, -0.15) is 0 Å². The van der Waals surface area contributed by atoms with Gasteiger partial charge in [0, 0.05) is 12.6 Å². The summed E-state index contributed by atoms with van der Waals surface area (Å²) in [6.45, 7) is 2.43. The molecular weight excluding hydrogens is 368 g/mol. The SMILES string of the molecule is COc1ccc([C@H](CNC(=O)c2cc(=O)c3ccccc3o2)N2CCCC2)cc1.